The van der Waals surface area contributed by atoms with Gasteiger partial charge in [-0.2, -0.15) is 0 Å². The molecule has 1 aromatic heterocycles. The zero-order valence-electron chi connectivity index (χ0n) is 10.4. The second-order valence-corrected chi connectivity index (χ2v) is 4.50. The summed E-state index contributed by atoms with van der Waals surface area (Å²) in [4.78, 5) is 0. The summed E-state index contributed by atoms with van der Waals surface area (Å²) in [5.74, 6) is 0.920. The van der Waals surface area contributed by atoms with Crippen molar-refractivity contribution in [2.75, 3.05) is 19.8 Å². The maximum absolute atomic E-state index is 6.32. The molecular weight excluding hydrogens is 218 g/mol. The standard InChI is InChI=1S/C13H21NO3/c1-2-17-13(5-8-15-9-6-13)12(14)10-11-4-3-7-16-11/h3-4,7,12H,2,5-6,8-10,14H2,1H3. The van der Waals surface area contributed by atoms with Crippen LogP contribution in [0.2, 0.25) is 0 Å². The van der Waals surface area contributed by atoms with Gasteiger partial charge < -0.3 is 19.6 Å². The first-order valence-corrected chi connectivity index (χ1v) is 6.26. The average molecular weight is 239 g/mol. The Labute approximate surface area is 102 Å². The van der Waals surface area contributed by atoms with Crippen molar-refractivity contribution in [1.82, 2.24) is 0 Å². The zero-order chi connectivity index (χ0) is 12.1. The molecule has 1 aromatic rings. The van der Waals surface area contributed by atoms with Gasteiger partial charge in [0, 0.05) is 45.1 Å². The molecule has 1 unspecified atom stereocenters. The predicted octanol–water partition coefficient (Wildman–Crippen LogP) is 1.74. The summed E-state index contributed by atoms with van der Waals surface area (Å²) in [6.45, 7) is 4.15. The van der Waals surface area contributed by atoms with Gasteiger partial charge in [-0.05, 0) is 19.1 Å². The van der Waals surface area contributed by atoms with Gasteiger partial charge in [-0.1, -0.05) is 0 Å². The summed E-state index contributed by atoms with van der Waals surface area (Å²) in [5, 5.41) is 0. The van der Waals surface area contributed by atoms with Crippen molar-refractivity contribution in [2.24, 2.45) is 5.73 Å². The number of furan rings is 1. The smallest absolute Gasteiger partial charge is 0.105 e. The lowest BCUT2D eigenvalue weighted by atomic mass is 9.84. The fraction of sp³-hybridized carbons (Fsp3) is 0.692. The van der Waals surface area contributed by atoms with E-state index in [0.29, 0.717) is 13.0 Å². The lowest BCUT2D eigenvalue weighted by Gasteiger charge is -2.41. The summed E-state index contributed by atoms with van der Waals surface area (Å²) in [5.41, 5.74) is 6.07. The van der Waals surface area contributed by atoms with Crippen molar-refractivity contribution in [3.8, 4) is 0 Å². The second-order valence-electron chi connectivity index (χ2n) is 4.50. The molecule has 17 heavy (non-hydrogen) atoms. The number of rotatable bonds is 5. The van der Waals surface area contributed by atoms with Gasteiger partial charge in [0.05, 0.1) is 11.9 Å². The van der Waals surface area contributed by atoms with E-state index in [9.17, 15) is 0 Å². The number of hydrogen-bond donors (Lipinski definition) is 1. The minimum atomic E-state index is -0.250. The molecule has 1 aliphatic heterocycles. The van der Waals surface area contributed by atoms with Crippen molar-refractivity contribution in [3.63, 3.8) is 0 Å². The largest absolute Gasteiger partial charge is 0.469 e. The molecule has 2 heterocycles. The predicted molar refractivity (Wildman–Crippen MR) is 64.8 cm³/mol. The van der Waals surface area contributed by atoms with E-state index in [-0.39, 0.29) is 11.6 Å². The average Bonchev–Trinajstić information content (AvgIpc) is 2.83. The van der Waals surface area contributed by atoms with Crippen LogP contribution in [0.15, 0.2) is 22.8 Å². The van der Waals surface area contributed by atoms with Crippen molar-refractivity contribution in [3.05, 3.63) is 24.2 Å². The monoisotopic (exact) mass is 239 g/mol. The zero-order valence-corrected chi connectivity index (χ0v) is 10.4. The molecule has 2 rings (SSSR count). The molecule has 0 aliphatic carbocycles. The highest BCUT2D eigenvalue weighted by molar-refractivity contribution is 5.05. The Morgan fingerprint density at radius 1 is 1.47 bits per heavy atom. The topological polar surface area (TPSA) is 57.6 Å². The molecule has 1 atom stereocenters. The number of ether oxygens (including phenoxy) is 2. The van der Waals surface area contributed by atoms with E-state index in [1.807, 2.05) is 19.1 Å². The third-order valence-corrected chi connectivity index (χ3v) is 3.45. The third kappa shape index (κ3) is 2.89. The number of nitrogens with two attached hydrogens (primary N) is 1. The fourth-order valence-corrected chi connectivity index (χ4v) is 2.46. The molecule has 0 spiro atoms. The van der Waals surface area contributed by atoms with E-state index < -0.39 is 0 Å². The van der Waals surface area contributed by atoms with Crippen LogP contribution >= 0.6 is 0 Å². The van der Waals surface area contributed by atoms with Crippen LogP contribution in [0.25, 0.3) is 0 Å². The molecule has 2 N–H and O–H groups in total. The van der Waals surface area contributed by atoms with Crippen molar-refractivity contribution >= 4 is 0 Å². The first kappa shape index (κ1) is 12.6. The SMILES string of the molecule is CCOC1(C(N)Cc2ccco2)CCOCC1. The molecule has 0 radical (unpaired) electrons. The molecule has 0 aromatic carbocycles. The van der Waals surface area contributed by atoms with Gasteiger partial charge in [0.1, 0.15) is 5.76 Å². The molecule has 96 valence electrons. The summed E-state index contributed by atoms with van der Waals surface area (Å²) >= 11 is 0. The molecule has 1 aliphatic rings. The Balaban J connectivity index is 2.03. The van der Waals surface area contributed by atoms with E-state index >= 15 is 0 Å². The Kier molecular flexibility index (Phi) is 4.20. The van der Waals surface area contributed by atoms with E-state index in [1.54, 1.807) is 6.26 Å². The molecule has 0 amide bonds. The van der Waals surface area contributed by atoms with Gasteiger partial charge in [0.15, 0.2) is 0 Å². The highest BCUT2D eigenvalue weighted by Gasteiger charge is 2.39. The first-order valence-electron chi connectivity index (χ1n) is 6.26. The fourth-order valence-electron chi connectivity index (χ4n) is 2.46. The molecule has 1 fully saturated rings. The van der Waals surface area contributed by atoms with Crippen LogP contribution in [0.1, 0.15) is 25.5 Å². The van der Waals surface area contributed by atoms with Crippen molar-refractivity contribution in [2.45, 2.75) is 37.8 Å². The van der Waals surface area contributed by atoms with Crippen molar-refractivity contribution in [1.29, 1.82) is 0 Å². The van der Waals surface area contributed by atoms with Gasteiger partial charge >= 0.3 is 0 Å². The molecule has 4 heteroatoms. The Morgan fingerprint density at radius 2 is 2.24 bits per heavy atom. The lowest BCUT2D eigenvalue weighted by Crippen LogP contribution is -2.54. The summed E-state index contributed by atoms with van der Waals surface area (Å²) < 4.78 is 16.7. The second kappa shape index (κ2) is 5.67. The quantitative estimate of drug-likeness (QED) is 0.850. The van der Waals surface area contributed by atoms with Crippen LogP contribution in [0.4, 0.5) is 0 Å². The van der Waals surface area contributed by atoms with Gasteiger partial charge in [-0.3, -0.25) is 0 Å². The van der Waals surface area contributed by atoms with E-state index in [4.69, 9.17) is 19.6 Å². The molecule has 0 bridgehead atoms. The Bertz CT molecular complexity index is 312. The normalized spacial score (nSPS) is 21.3. The Hall–Kier alpha value is -0.840. The van der Waals surface area contributed by atoms with Crippen LogP contribution in [0, 0.1) is 0 Å². The highest BCUT2D eigenvalue weighted by Crippen LogP contribution is 2.29. The van der Waals surface area contributed by atoms with E-state index in [1.165, 1.54) is 0 Å². The van der Waals surface area contributed by atoms with Gasteiger partial charge in [0.2, 0.25) is 0 Å². The minimum Gasteiger partial charge on any atom is -0.469 e. The molecule has 4 nitrogen and oxygen atoms in total. The maximum Gasteiger partial charge on any atom is 0.105 e. The van der Waals surface area contributed by atoms with E-state index in [0.717, 1.165) is 31.8 Å². The number of hydrogen-bond acceptors (Lipinski definition) is 4. The van der Waals surface area contributed by atoms with Crippen LogP contribution in [-0.2, 0) is 15.9 Å². The first-order chi connectivity index (χ1) is 8.27. The molecule has 0 saturated carbocycles. The van der Waals surface area contributed by atoms with Crippen LogP contribution in [0.3, 0.4) is 0 Å². The minimum absolute atomic E-state index is 0.0440. The lowest BCUT2D eigenvalue weighted by molar-refractivity contribution is -0.121. The molecular formula is C13H21NO3. The van der Waals surface area contributed by atoms with Crippen LogP contribution in [0.5, 0.6) is 0 Å². The van der Waals surface area contributed by atoms with Crippen LogP contribution < -0.4 is 5.73 Å². The van der Waals surface area contributed by atoms with E-state index in [2.05, 4.69) is 0 Å². The van der Waals surface area contributed by atoms with Gasteiger partial charge in [-0.15, -0.1) is 0 Å². The van der Waals surface area contributed by atoms with Gasteiger partial charge in [0.25, 0.3) is 0 Å². The summed E-state index contributed by atoms with van der Waals surface area (Å²) in [6.07, 6.45) is 4.12. The van der Waals surface area contributed by atoms with Gasteiger partial charge in [-0.25, -0.2) is 0 Å². The molecule has 1 saturated heterocycles. The Morgan fingerprint density at radius 3 is 2.82 bits per heavy atom. The highest BCUT2D eigenvalue weighted by atomic mass is 16.5. The maximum atomic E-state index is 6.32. The van der Waals surface area contributed by atoms with Crippen LogP contribution in [-0.4, -0.2) is 31.5 Å². The summed E-state index contributed by atoms with van der Waals surface area (Å²) in [6, 6.07) is 3.80. The van der Waals surface area contributed by atoms with Crippen molar-refractivity contribution < 1.29 is 13.9 Å². The third-order valence-electron chi connectivity index (χ3n) is 3.45. The summed E-state index contributed by atoms with van der Waals surface area (Å²) in [7, 11) is 0.